The predicted octanol–water partition coefficient (Wildman–Crippen LogP) is 2.89. The van der Waals surface area contributed by atoms with E-state index in [0.29, 0.717) is 22.0 Å². The lowest BCUT2D eigenvalue weighted by Gasteiger charge is -2.02. The minimum atomic E-state index is -0.308. The predicted molar refractivity (Wildman–Crippen MR) is 75.4 cm³/mol. The Balaban J connectivity index is 2.08. The highest BCUT2D eigenvalue weighted by atomic mass is 35.5. The highest BCUT2D eigenvalue weighted by Gasteiger charge is 2.05. The molecule has 96 valence electrons. The molecule has 0 aliphatic rings. The number of nitrogens with zero attached hydrogens (tertiary/aromatic N) is 2. The van der Waals surface area contributed by atoms with Crippen molar-refractivity contribution in [2.75, 3.05) is 0 Å². The average molecular weight is 274 g/mol. The molecule has 1 heterocycles. The molecule has 1 aromatic carbocycles. The summed E-state index contributed by atoms with van der Waals surface area (Å²) in [6.07, 6.45) is 1.67. The van der Waals surface area contributed by atoms with Crippen molar-refractivity contribution in [2.45, 2.75) is 6.92 Å². The summed E-state index contributed by atoms with van der Waals surface area (Å²) in [5, 5.41) is 4.52. The molecule has 0 unspecified atom stereocenters. The van der Waals surface area contributed by atoms with Gasteiger partial charge in [0.1, 0.15) is 0 Å². The molecule has 4 nitrogen and oxygen atoms in total. The third kappa shape index (κ3) is 3.63. The number of carbonyl (C=O) groups excluding carboxylic acids is 1. The summed E-state index contributed by atoms with van der Waals surface area (Å²) < 4.78 is 0. The van der Waals surface area contributed by atoms with Gasteiger partial charge in [-0.25, -0.2) is 5.43 Å². The number of hydrogen-bond donors (Lipinski definition) is 1. The number of hydrazone groups is 1. The summed E-state index contributed by atoms with van der Waals surface area (Å²) in [4.78, 5) is 16.0. The monoisotopic (exact) mass is 273 g/mol. The molecule has 5 heteroatoms. The molecule has 0 atom stereocenters. The van der Waals surface area contributed by atoms with Crippen LogP contribution in [-0.2, 0) is 0 Å². The van der Waals surface area contributed by atoms with Gasteiger partial charge in [0, 0.05) is 16.8 Å². The lowest BCUT2D eigenvalue weighted by Crippen LogP contribution is -2.19. The van der Waals surface area contributed by atoms with Gasteiger partial charge in [0.05, 0.1) is 11.4 Å². The van der Waals surface area contributed by atoms with E-state index >= 15 is 0 Å². The standard InChI is InChI=1S/C14H12ClN3O/c1-10(13-7-2-3-8-16-13)17-18-14(19)11-5-4-6-12(15)9-11/h2-9H,1H3,(H,18,19). The maximum absolute atomic E-state index is 11.8. The first-order chi connectivity index (χ1) is 9.16. The van der Waals surface area contributed by atoms with E-state index in [1.54, 1.807) is 37.4 Å². The van der Waals surface area contributed by atoms with Crippen LogP contribution in [0.4, 0.5) is 0 Å². The van der Waals surface area contributed by atoms with Crippen molar-refractivity contribution in [3.05, 3.63) is 64.9 Å². The Kier molecular flexibility index (Phi) is 4.26. The van der Waals surface area contributed by atoms with Crippen LogP contribution in [0.25, 0.3) is 0 Å². The summed E-state index contributed by atoms with van der Waals surface area (Å²) in [7, 11) is 0. The van der Waals surface area contributed by atoms with Crippen molar-refractivity contribution in [1.29, 1.82) is 0 Å². The van der Waals surface area contributed by atoms with E-state index in [1.165, 1.54) is 0 Å². The van der Waals surface area contributed by atoms with E-state index in [1.807, 2.05) is 18.2 Å². The van der Waals surface area contributed by atoms with E-state index in [2.05, 4.69) is 15.5 Å². The molecule has 2 rings (SSSR count). The number of nitrogens with one attached hydrogen (secondary N) is 1. The van der Waals surface area contributed by atoms with Gasteiger partial charge in [-0.15, -0.1) is 0 Å². The Labute approximate surface area is 116 Å². The number of rotatable bonds is 3. The van der Waals surface area contributed by atoms with Crippen LogP contribution in [0, 0.1) is 0 Å². The summed E-state index contributed by atoms with van der Waals surface area (Å²) in [6.45, 7) is 1.78. The van der Waals surface area contributed by atoms with Crippen LogP contribution in [0.3, 0.4) is 0 Å². The fraction of sp³-hybridized carbons (Fsp3) is 0.0714. The van der Waals surface area contributed by atoms with Crippen molar-refractivity contribution >= 4 is 23.2 Å². The fourth-order valence-electron chi connectivity index (χ4n) is 1.46. The van der Waals surface area contributed by atoms with E-state index < -0.39 is 0 Å². The maximum atomic E-state index is 11.8. The number of pyridine rings is 1. The fourth-order valence-corrected chi connectivity index (χ4v) is 1.65. The third-order valence-electron chi connectivity index (χ3n) is 2.45. The average Bonchev–Trinajstić information content (AvgIpc) is 2.45. The second-order valence-corrected chi connectivity index (χ2v) is 4.30. The van der Waals surface area contributed by atoms with Gasteiger partial charge in [-0.3, -0.25) is 9.78 Å². The highest BCUT2D eigenvalue weighted by molar-refractivity contribution is 6.30. The zero-order chi connectivity index (χ0) is 13.7. The molecular weight excluding hydrogens is 262 g/mol. The summed E-state index contributed by atoms with van der Waals surface area (Å²) in [5.41, 5.74) is 4.29. The first-order valence-corrected chi connectivity index (χ1v) is 6.06. The van der Waals surface area contributed by atoms with Gasteiger partial charge in [0.15, 0.2) is 0 Å². The molecule has 2 aromatic rings. The van der Waals surface area contributed by atoms with Gasteiger partial charge < -0.3 is 0 Å². The Bertz CT molecular complexity index is 611. The molecule has 1 N–H and O–H groups in total. The van der Waals surface area contributed by atoms with E-state index in [0.717, 1.165) is 0 Å². The largest absolute Gasteiger partial charge is 0.271 e. The van der Waals surface area contributed by atoms with Gasteiger partial charge in [-0.05, 0) is 37.3 Å². The zero-order valence-corrected chi connectivity index (χ0v) is 11.1. The Hall–Kier alpha value is -2.20. The topological polar surface area (TPSA) is 54.4 Å². The molecule has 1 aromatic heterocycles. The smallest absolute Gasteiger partial charge is 0.267 e. The van der Waals surface area contributed by atoms with Crippen molar-refractivity contribution in [1.82, 2.24) is 10.4 Å². The van der Waals surface area contributed by atoms with Crippen molar-refractivity contribution in [3.63, 3.8) is 0 Å². The van der Waals surface area contributed by atoms with Crippen LogP contribution in [0.2, 0.25) is 5.02 Å². The quantitative estimate of drug-likeness (QED) is 0.690. The number of aromatic nitrogens is 1. The van der Waals surface area contributed by atoms with Crippen molar-refractivity contribution in [3.8, 4) is 0 Å². The number of amides is 1. The van der Waals surface area contributed by atoms with Crippen molar-refractivity contribution in [2.24, 2.45) is 5.10 Å². The molecule has 0 aliphatic carbocycles. The SMILES string of the molecule is CC(=NNC(=O)c1cccc(Cl)c1)c1ccccn1. The summed E-state index contributed by atoms with van der Waals surface area (Å²) in [6, 6.07) is 12.2. The maximum Gasteiger partial charge on any atom is 0.271 e. The number of hydrogen-bond acceptors (Lipinski definition) is 3. The minimum absolute atomic E-state index is 0.308. The van der Waals surface area contributed by atoms with Crippen molar-refractivity contribution < 1.29 is 4.79 Å². The van der Waals surface area contributed by atoms with Crippen LogP contribution >= 0.6 is 11.6 Å². The molecular formula is C14H12ClN3O. The normalized spacial score (nSPS) is 11.2. The number of carbonyl (C=O) groups is 1. The first kappa shape index (κ1) is 13.2. The molecule has 0 aliphatic heterocycles. The highest BCUT2D eigenvalue weighted by Crippen LogP contribution is 2.10. The number of benzene rings is 1. The molecule has 0 saturated heterocycles. The van der Waals surface area contributed by atoms with Crippen LogP contribution in [0.15, 0.2) is 53.8 Å². The molecule has 0 bridgehead atoms. The van der Waals surface area contributed by atoms with Gasteiger partial charge in [0.25, 0.3) is 5.91 Å². The molecule has 0 spiro atoms. The lowest BCUT2D eigenvalue weighted by atomic mass is 10.2. The van der Waals surface area contributed by atoms with Gasteiger partial charge in [-0.2, -0.15) is 5.10 Å². The Morgan fingerprint density at radius 1 is 1.26 bits per heavy atom. The molecule has 19 heavy (non-hydrogen) atoms. The molecule has 0 saturated carbocycles. The Morgan fingerprint density at radius 3 is 2.79 bits per heavy atom. The molecule has 0 fully saturated rings. The van der Waals surface area contributed by atoms with Crippen LogP contribution in [0.1, 0.15) is 23.0 Å². The lowest BCUT2D eigenvalue weighted by molar-refractivity contribution is 0.0955. The van der Waals surface area contributed by atoms with E-state index in [-0.39, 0.29) is 5.91 Å². The van der Waals surface area contributed by atoms with Crippen LogP contribution in [-0.4, -0.2) is 16.6 Å². The third-order valence-corrected chi connectivity index (χ3v) is 2.68. The Morgan fingerprint density at radius 2 is 2.11 bits per heavy atom. The van der Waals surface area contributed by atoms with Gasteiger partial charge in [0.2, 0.25) is 0 Å². The van der Waals surface area contributed by atoms with E-state index in [9.17, 15) is 4.79 Å². The summed E-state index contributed by atoms with van der Waals surface area (Å²) in [5.74, 6) is -0.308. The van der Waals surface area contributed by atoms with Crippen LogP contribution < -0.4 is 5.43 Å². The first-order valence-electron chi connectivity index (χ1n) is 5.68. The number of halogens is 1. The van der Waals surface area contributed by atoms with Gasteiger partial charge >= 0.3 is 0 Å². The summed E-state index contributed by atoms with van der Waals surface area (Å²) >= 11 is 5.82. The molecule has 1 amide bonds. The van der Waals surface area contributed by atoms with E-state index in [4.69, 9.17) is 11.6 Å². The minimum Gasteiger partial charge on any atom is -0.267 e. The second-order valence-electron chi connectivity index (χ2n) is 3.86. The van der Waals surface area contributed by atoms with Gasteiger partial charge in [-0.1, -0.05) is 23.7 Å². The second kappa shape index (κ2) is 6.11. The zero-order valence-electron chi connectivity index (χ0n) is 10.3. The molecule has 0 radical (unpaired) electrons. The van der Waals surface area contributed by atoms with Crippen LogP contribution in [0.5, 0.6) is 0 Å².